The molecule has 0 bridgehead atoms. The lowest BCUT2D eigenvalue weighted by Gasteiger charge is -2.16. The van der Waals surface area contributed by atoms with Crippen molar-refractivity contribution in [2.75, 3.05) is 0 Å². The maximum atomic E-state index is 6.24. The van der Waals surface area contributed by atoms with Gasteiger partial charge in [0.1, 0.15) is 11.2 Å². The van der Waals surface area contributed by atoms with E-state index in [4.69, 9.17) is 4.42 Å². The fourth-order valence-corrected chi connectivity index (χ4v) is 8.41. The molecule has 0 fully saturated rings. The maximum absolute atomic E-state index is 6.24. The van der Waals surface area contributed by atoms with Crippen LogP contribution in [0.25, 0.3) is 99.2 Å². The first-order valence-electron chi connectivity index (χ1n) is 17.4. The van der Waals surface area contributed by atoms with E-state index in [9.17, 15) is 0 Å². The van der Waals surface area contributed by atoms with Gasteiger partial charge in [0.25, 0.3) is 0 Å². The molecule has 0 aliphatic carbocycles. The summed E-state index contributed by atoms with van der Waals surface area (Å²) in [6.07, 6.45) is 0. The summed E-state index contributed by atoms with van der Waals surface area (Å²) in [6.45, 7) is 0. The van der Waals surface area contributed by atoms with Gasteiger partial charge in [-0.15, -0.1) is 0 Å². The van der Waals surface area contributed by atoms with Crippen molar-refractivity contribution >= 4 is 65.6 Å². The first-order chi connectivity index (χ1) is 25.3. The van der Waals surface area contributed by atoms with Crippen LogP contribution in [-0.4, -0.2) is 9.13 Å². The normalized spacial score (nSPS) is 11.9. The predicted molar refractivity (Wildman–Crippen MR) is 213 cm³/mol. The molecule has 3 aromatic heterocycles. The standard InChI is InChI=1S/C48H30N2O/c1-3-14-31(15-4-1)34-27-28-43-48(37-20-8-11-23-41(37)50(43)33-26-29-45-39(30-33)35-18-9-12-25-44(35)51-45)47(34)38-21-13-24-42-46(38)36-19-7-10-22-40(36)49(42)32-16-5-2-6-17-32/h1-30H. The lowest BCUT2D eigenvalue weighted by molar-refractivity contribution is 0.669. The summed E-state index contributed by atoms with van der Waals surface area (Å²) in [6, 6.07) is 65.5. The van der Waals surface area contributed by atoms with Gasteiger partial charge >= 0.3 is 0 Å². The van der Waals surface area contributed by atoms with Crippen molar-refractivity contribution in [3.63, 3.8) is 0 Å². The van der Waals surface area contributed by atoms with Crippen molar-refractivity contribution in [3.8, 4) is 33.6 Å². The lowest BCUT2D eigenvalue weighted by Crippen LogP contribution is -1.95. The SMILES string of the molecule is c1ccc(-c2ccc3c(c2-c2cccc4c2c2ccccc2n4-c2ccccc2)c2ccccc2n3-c2ccc3oc4ccccc4c3c2)cc1. The smallest absolute Gasteiger partial charge is 0.135 e. The number of hydrogen-bond acceptors (Lipinski definition) is 1. The van der Waals surface area contributed by atoms with Crippen LogP contribution < -0.4 is 0 Å². The minimum atomic E-state index is 0.897. The topological polar surface area (TPSA) is 23.0 Å². The Morgan fingerprint density at radius 2 is 0.922 bits per heavy atom. The summed E-state index contributed by atoms with van der Waals surface area (Å²) in [5.74, 6) is 0. The minimum absolute atomic E-state index is 0.897. The van der Waals surface area contributed by atoms with Crippen molar-refractivity contribution in [3.05, 3.63) is 182 Å². The quantitative estimate of drug-likeness (QED) is 0.186. The molecular weight excluding hydrogens is 621 g/mol. The average Bonchev–Trinajstić information content (AvgIpc) is 3.86. The number of benzene rings is 8. The molecule has 11 rings (SSSR count). The summed E-state index contributed by atoms with van der Waals surface area (Å²) >= 11 is 0. The molecule has 0 saturated carbocycles. The number of rotatable bonds is 4. The first-order valence-corrected chi connectivity index (χ1v) is 17.4. The van der Waals surface area contributed by atoms with Crippen LogP contribution in [0, 0.1) is 0 Å². The minimum Gasteiger partial charge on any atom is -0.456 e. The summed E-state index contributed by atoms with van der Waals surface area (Å²) < 4.78 is 11.1. The molecule has 0 aliphatic rings. The van der Waals surface area contributed by atoms with E-state index in [1.165, 1.54) is 65.9 Å². The molecule has 0 N–H and O–H groups in total. The molecule has 3 heterocycles. The zero-order chi connectivity index (χ0) is 33.5. The van der Waals surface area contributed by atoms with Crippen LogP contribution in [0.3, 0.4) is 0 Å². The Morgan fingerprint density at radius 1 is 0.333 bits per heavy atom. The Balaban J connectivity index is 1.30. The van der Waals surface area contributed by atoms with E-state index in [1.54, 1.807) is 0 Å². The molecule has 51 heavy (non-hydrogen) atoms. The number of aromatic nitrogens is 2. The van der Waals surface area contributed by atoms with Crippen molar-refractivity contribution < 1.29 is 4.42 Å². The highest BCUT2D eigenvalue weighted by Crippen LogP contribution is 2.48. The van der Waals surface area contributed by atoms with Crippen molar-refractivity contribution in [1.82, 2.24) is 9.13 Å². The number of hydrogen-bond donors (Lipinski definition) is 0. The van der Waals surface area contributed by atoms with Crippen LogP contribution in [0.4, 0.5) is 0 Å². The zero-order valence-electron chi connectivity index (χ0n) is 27.6. The third-order valence-electron chi connectivity index (χ3n) is 10.5. The largest absolute Gasteiger partial charge is 0.456 e. The molecule has 238 valence electrons. The molecule has 0 unspecified atom stereocenters. The maximum Gasteiger partial charge on any atom is 0.135 e. The van der Waals surface area contributed by atoms with Gasteiger partial charge in [-0.1, -0.05) is 121 Å². The fourth-order valence-electron chi connectivity index (χ4n) is 8.41. The van der Waals surface area contributed by atoms with Crippen LogP contribution in [0.2, 0.25) is 0 Å². The Labute approximate surface area is 293 Å². The lowest BCUT2D eigenvalue weighted by atomic mass is 9.88. The van der Waals surface area contributed by atoms with Crippen molar-refractivity contribution in [2.24, 2.45) is 0 Å². The molecule has 0 saturated heterocycles. The van der Waals surface area contributed by atoms with Gasteiger partial charge in [0.2, 0.25) is 0 Å². The number of fused-ring (bicyclic) bond motifs is 9. The molecule has 0 spiro atoms. The summed E-state index contributed by atoms with van der Waals surface area (Å²) in [5.41, 5.74) is 13.7. The number of para-hydroxylation sites is 4. The van der Waals surface area contributed by atoms with E-state index in [0.717, 1.165) is 33.3 Å². The van der Waals surface area contributed by atoms with Crippen molar-refractivity contribution in [1.29, 1.82) is 0 Å². The van der Waals surface area contributed by atoms with Gasteiger partial charge in [0.15, 0.2) is 0 Å². The summed E-state index contributed by atoms with van der Waals surface area (Å²) in [7, 11) is 0. The number of nitrogens with zero attached hydrogens (tertiary/aromatic N) is 2. The van der Waals surface area contributed by atoms with Gasteiger partial charge in [0.05, 0.1) is 22.1 Å². The molecule has 0 amide bonds. The Morgan fingerprint density at radius 3 is 1.71 bits per heavy atom. The number of furan rings is 1. The van der Waals surface area contributed by atoms with Crippen molar-refractivity contribution in [2.45, 2.75) is 0 Å². The molecule has 3 heteroatoms. The Bertz CT molecular complexity index is 3130. The second-order valence-corrected chi connectivity index (χ2v) is 13.3. The molecule has 0 radical (unpaired) electrons. The van der Waals surface area contributed by atoms with E-state index in [1.807, 2.05) is 12.1 Å². The molecule has 0 aliphatic heterocycles. The van der Waals surface area contributed by atoms with Crippen LogP contribution >= 0.6 is 0 Å². The fraction of sp³-hybridized carbons (Fsp3) is 0. The van der Waals surface area contributed by atoms with Crippen LogP contribution in [0.1, 0.15) is 0 Å². The zero-order valence-corrected chi connectivity index (χ0v) is 27.6. The van der Waals surface area contributed by atoms with Crippen LogP contribution in [0.5, 0.6) is 0 Å². The highest BCUT2D eigenvalue weighted by molar-refractivity contribution is 6.24. The molecular formula is C48H30N2O. The van der Waals surface area contributed by atoms with Gasteiger partial charge in [0, 0.05) is 49.3 Å². The first kappa shape index (κ1) is 28.0. The monoisotopic (exact) mass is 650 g/mol. The average molecular weight is 651 g/mol. The Hall–Kier alpha value is -6.84. The predicted octanol–water partition coefficient (Wildman–Crippen LogP) is 13.1. The van der Waals surface area contributed by atoms with E-state index >= 15 is 0 Å². The van der Waals surface area contributed by atoms with Gasteiger partial charge in [-0.3, -0.25) is 0 Å². The van der Waals surface area contributed by atoms with E-state index < -0.39 is 0 Å². The van der Waals surface area contributed by atoms with Gasteiger partial charge in [-0.2, -0.15) is 0 Å². The third-order valence-corrected chi connectivity index (χ3v) is 10.5. The highest BCUT2D eigenvalue weighted by Gasteiger charge is 2.24. The molecule has 11 aromatic rings. The van der Waals surface area contributed by atoms with Gasteiger partial charge in [-0.05, 0) is 77.4 Å². The summed E-state index contributed by atoms with van der Waals surface area (Å²) in [4.78, 5) is 0. The summed E-state index contributed by atoms with van der Waals surface area (Å²) in [5, 5.41) is 7.21. The second kappa shape index (κ2) is 10.8. The highest BCUT2D eigenvalue weighted by atomic mass is 16.3. The van der Waals surface area contributed by atoms with Crippen LogP contribution in [-0.2, 0) is 0 Å². The molecule has 3 nitrogen and oxygen atoms in total. The van der Waals surface area contributed by atoms with Gasteiger partial charge < -0.3 is 13.6 Å². The van der Waals surface area contributed by atoms with Gasteiger partial charge in [-0.25, -0.2) is 0 Å². The third kappa shape index (κ3) is 4.06. The van der Waals surface area contributed by atoms with E-state index in [0.29, 0.717) is 0 Å². The van der Waals surface area contributed by atoms with E-state index in [2.05, 4.69) is 179 Å². The molecule has 0 atom stereocenters. The van der Waals surface area contributed by atoms with Crippen LogP contribution in [0.15, 0.2) is 186 Å². The second-order valence-electron chi connectivity index (χ2n) is 13.3. The Kier molecular flexibility index (Phi) is 5.96. The van der Waals surface area contributed by atoms with E-state index in [-0.39, 0.29) is 0 Å². The molecule has 8 aromatic carbocycles.